The first kappa shape index (κ1) is 12.8. The van der Waals surface area contributed by atoms with Crippen molar-refractivity contribution in [2.75, 3.05) is 11.4 Å². The molecule has 4 heteroatoms. The molecule has 1 aliphatic rings. The fourth-order valence-corrected chi connectivity index (χ4v) is 2.70. The number of rotatable bonds is 3. The summed E-state index contributed by atoms with van der Waals surface area (Å²) in [6, 6.07) is 10.0. The fraction of sp³-hybridized carbons (Fsp3) is 0.312. The van der Waals surface area contributed by atoms with Gasteiger partial charge in [-0.15, -0.1) is 0 Å². The number of aromatic carboxylic acids is 1. The van der Waals surface area contributed by atoms with Crippen LogP contribution in [0.15, 0.2) is 41.0 Å². The molecule has 20 heavy (non-hydrogen) atoms. The quantitative estimate of drug-likeness (QED) is 0.930. The smallest absolute Gasteiger partial charge is 0.338 e. The predicted molar refractivity (Wildman–Crippen MR) is 76.1 cm³/mol. The van der Waals surface area contributed by atoms with Crippen LogP contribution in [0.1, 0.15) is 34.5 Å². The highest BCUT2D eigenvalue weighted by Crippen LogP contribution is 2.27. The van der Waals surface area contributed by atoms with E-state index in [0.29, 0.717) is 12.3 Å². The summed E-state index contributed by atoms with van der Waals surface area (Å²) in [5.41, 5.74) is 2.80. The number of nitrogens with zero attached hydrogens (tertiary/aromatic N) is 1. The number of anilines is 1. The van der Waals surface area contributed by atoms with Crippen LogP contribution < -0.4 is 4.90 Å². The van der Waals surface area contributed by atoms with E-state index in [9.17, 15) is 4.79 Å². The van der Waals surface area contributed by atoms with Crippen LogP contribution >= 0.6 is 0 Å². The SMILES string of the molecule is O=C(O)c1coc(CN2CCCCc3ccccc32)c1. The molecule has 3 rings (SSSR count). The van der Waals surface area contributed by atoms with Gasteiger partial charge in [-0.25, -0.2) is 4.79 Å². The van der Waals surface area contributed by atoms with Gasteiger partial charge in [0.1, 0.15) is 12.0 Å². The van der Waals surface area contributed by atoms with Gasteiger partial charge in [0.05, 0.1) is 12.1 Å². The number of carboxylic acids is 1. The molecule has 1 N–H and O–H groups in total. The van der Waals surface area contributed by atoms with Crippen LogP contribution in [0.3, 0.4) is 0 Å². The van der Waals surface area contributed by atoms with Crippen molar-refractivity contribution < 1.29 is 14.3 Å². The van der Waals surface area contributed by atoms with E-state index < -0.39 is 5.97 Å². The number of carbonyl (C=O) groups is 1. The molecule has 0 atom stereocenters. The molecule has 0 spiro atoms. The summed E-state index contributed by atoms with van der Waals surface area (Å²) < 4.78 is 5.36. The standard InChI is InChI=1S/C16H17NO3/c18-16(19)13-9-14(20-11-13)10-17-8-4-3-6-12-5-1-2-7-15(12)17/h1-2,5,7,9,11H,3-4,6,8,10H2,(H,18,19). The average Bonchev–Trinajstić information content (AvgIpc) is 2.82. The van der Waals surface area contributed by atoms with Gasteiger partial charge >= 0.3 is 5.97 Å². The first-order valence-corrected chi connectivity index (χ1v) is 6.87. The van der Waals surface area contributed by atoms with E-state index in [1.807, 2.05) is 6.07 Å². The fourth-order valence-electron chi connectivity index (χ4n) is 2.70. The Labute approximate surface area is 117 Å². The minimum absolute atomic E-state index is 0.211. The lowest BCUT2D eigenvalue weighted by atomic mass is 10.1. The van der Waals surface area contributed by atoms with Crippen molar-refractivity contribution in [1.29, 1.82) is 0 Å². The third kappa shape index (κ3) is 2.54. The summed E-state index contributed by atoms with van der Waals surface area (Å²) in [6.07, 6.45) is 4.74. The number of hydrogen-bond acceptors (Lipinski definition) is 3. The first-order chi connectivity index (χ1) is 9.74. The van der Waals surface area contributed by atoms with Crippen molar-refractivity contribution in [1.82, 2.24) is 0 Å². The molecule has 2 aromatic rings. The van der Waals surface area contributed by atoms with Crippen LogP contribution in [0.5, 0.6) is 0 Å². The van der Waals surface area contributed by atoms with Gasteiger partial charge in [-0.2, -0.15) is 0 Å². The zero-order valence-corrected chi connectivity index (χ0v) is 11.2. The average molecular weight is 271 g/mol. The Morgan fingerprint density at radius 2 is 2.15 bits per heavy atom. The second-order valence-electron chi connectivity index (χ2n) is 5.11. The van der Waals surface area contributed by atoms with Gasteiger partial charge in [0.15, 0.2) is 0 Å². The zero-order chi connectivity index (χ0) is 13.9. The molecule has 0 unspecified atom stereocenters. The minimum Gasteiger partial charge on any atom is -0.478 e. The highest BCUT2D eigenvalue weighted by molar-refractivity contribution is 5.87. The molecule has 0 fully saturated rings. The van der Waals surface area contributed by atoms with Crippen molar-refractivity contribution in [3.8, 4) is 0 Å². The molecule has 0 saturated heterocycles. The van der Waals surface area contributed by atoms with Crippen LogP contribution in [0.25, 0.3) is 0 Å². The van der Waals surface area contributed by atoms with Gasteiger partial charge in [0, 0.05) is 12.2 Å². The molecule has 1 aliphatic heterocycles. The monoisotopic (exact) mass is 271 g/mol. The van der Waals surface area contributed by atoms with E-state index in [1.54, 1.807) is 6.07 Å². The highest BCUT2D eigenvalue weighted by Gasteiger charge is 2.17. The van der Waals surface area contributed by atoms with E-state index in [0.717, 1.165) is 19.4 Å². The molecule has 2 heterocycles. The van der Waals surface area contributed by atoms with Gasteiger partial charge in [0.2, 0.25) is 0 Å². The largest absolute Gasteiger partial charge is 0.478 e. The van der Waals surface area contributed by atoms with Crippen molar-refractivity contribution in [2.45, 2.75) is 25.8 Å². The summed E-state index contributed by atoms with van der Waals surface area (Å²) in [6.45, 7) is 1.59. The second-order valence-corrected chi connectivity index (χ2v) is 5.11. The third-order valence-electron chi connectivity index (χ3n) is 3.70. The normalized spacial score (nSPS) is 14.7. The predicted octanol–water partition coefficient (Wildman–Crippen LogP) is 3.32. The summed E-state index contributed by atoms with van der Waals surface area (Å²) in [4.78, 5) is 13.2. The Bertz CT molecular complexity index is 618. The van der Waals surface area contributed by atoms with E-state index in [4.69, 9.17) is 9.52 Å². The van der Waals surface area contributed by atoms with Crippen molar-refractivity contribution in [3.63, 3.8) is 0 Å². The first-order valence-electron chi connectivity index (χ1n) is 6.87. The molecule has 0 saturated carbocycles. The van der Waals surface area contributed by atoms with Crippen molar-refractivity contribution in [2.24, 2.45) is 0 Å². The maximum Gasteiger partial charge on any atom is 0.338 e. The lowest BCUT2D eigenvalue weighted by molar-refractivity contribution is 0.0696. The Morgan fingerprint density at radius 3 is 2.95 bits per heavy atom. The van der Waals surface area contributed by atoms with Crippen LogP contribution in [-0.2, 0) is 13.0 Å². The number of carboxylic acid groups (broad SMARTS) is 1. The molecular formula is C16H17NO3. The van der Waals surface area contributed by atoms with E-state index >= 15 is 0 Å². The van der Waals surface area contributed by atoms with E-state index in [2.05, 4.69) is 23.1 Å². The Kier molecular flexibility index (Phi) is 3.46. The van der Waals surface area contributed by atoms with Gasteiger partial charge < -0.3 is 14.4 Å². The van der Waals surface area contributed by atoms with E-state index in [-0.39, 0.29) is 5.56 Å². The lowest BCUT2D eigenvalue weighted by Gasteiger charge is -2.23. The molecule has 1 aromatic carbocycles. The summed E-state index contributed by atoms with van der Waals surface area (Å²) >= 11 is 0. The number of hydrogen-bond donors (Lipinski definition) is 1. The second kappa shape index (κ2) is 5.41. The molecule has 104 valence electrons. The number of benzene rings is 1. The van der Waals surface area contributed by atoms with Crippen LogP contribution in [-0.4, -0.2) is 17.6 Å². The number of fused-ring (bicyclic) bond motifs is 1. The number of para-hydroxylation sites is 1. The van der Waals surface area contributed by atoms with Crippen molar-refractivity contribution in [3.05, 3.63) is 53.5 Å². The molecule has 4 nitrogen and oxygen atoms in total. The summed E-state index contributed by atoms with van der Waals surface area (Å²) in [5.74, 6) is -0.254. The molecule has 0 amide bonds. The molecule has 1 aromatic heterocycles. The molecule has 0 bridgehead atoms. The van der Waals surface area contributed by atoms with Gasteiger partial charge in [-0.1, -0.05) is 18.2 Å². The molecule has 0 radical (unpaired) electrons. The van der Waals surface area contributed by atoms with Crippen LogP contribution in [0.4, 0.5) is 5.69 Å². The van der Waals surface area contributed by atoms with Gasteiger partial charge in [-0.3, -0.25) is 0 Å². The minimum atomic E-state index is -0.948. The van der Waals surface area contributed by atoms with Crippen LogP contribution in [0, 0.1) is 0 Å². The lowest BCUT2D eigenvalue weighted by Crippen LogP contribution is -2.23. The number of furan rings is 1. The van der Waals surface area contributed by atoms with Gasteiger partial charge in [0.25, 0.3) is 0 Å². The highest BCUT2D eigenvalue weighted by atomic mass is 16.4. The summed E-state index contributed by atoms with van der Waals surface area (Å²) in [7, 11) is 0. The topological polar surface area (TPSA) is 53.7 Å². The number of aryl methyl sites for hydroxylation is 1. The maximum atomic E-state index is 10.9. The Balaban J connectivity index is 1.84. The summed E-state index contributed by atoms with van der Waals surface area (Å²) in [5, 5.41) is 8.93. The van der Waals surface area contributed by atoms with Crippen molar-refractivity contribution >= 4 is 11.7 Å². The maximum absolute atomic E-state index is 10.9. The van der Waals surface area contributed by atoms with Gasteiger partial charge in [-0.05, 0) is 37.0 Å². The van der Waals surface area contributed by atoms with E-state index in [1.165, 1.54) is 23.9 Å². The third-order valence-corrected chi connectivity index (χ3v) is 3.70. The van der Waals surface area contributed by atoms with Crippen LogP contribution in [0.2, 0.25) is 0 Å². The molecular weight excluding hydrogens is 254 g/mol. The molecule has 0 aliphatic carbocycles. The zero-order valence-electron chi connectivity index (χ0n) is 11.2. The Hall–Kier alpha value is -2.23. The Morgan fingerprint density at radius 1 is 1.30 bits per heavy atom.